The molecule has 2 aromatic rings. The maximum atomic E-state index is 11.5. The molecule has 0 aromatic heterocycles. The van der Waals surface area contributed by atoms with E-state index in [-0.39, 0.29) is 5.91 Å². The highest BCUT2D eigenvalue weighted by atomic mass is 16.4. The first-order valence-electron chi connectivity index (χ1n) is 6.70. The van der Waals surface area contributed by atoms with E-state index in [0.717, 1.165) is 11.1 Å². The van der Waals surface area contributed by atoms with E-state index in [9.17, 15) is 14.7 Å². The van der Waals surface area contributed by atoms with Crippen LogP contribution < -0.4 is 5.32 Å². The molecule has 2 N–H and O–H groups in total. The Hall–Kier alpha value is -2.62. The smallest absolute Gasteiger partial charge is 0.311 e. The molecule has 1 amide bonds. The topological polar surface area (TPSA) is 66.4 Å². The summed E-state index contributed by atoms with van der Waals surface area (Å²) in [4.78, 5) is 22.4. The van der Waals surface area contributed by atoms with E-state index in [2.05, 4.69) is 5.32 Å². The quantitative estimate of drug-likeness (QED) is 0.886. The van der Waals surface area contributed by atoms with Gasteiger partial charge >= 0.3 is 5.97 Å². The number of carbonyl (C=O) groups excluding carboxylic acids is 1. The molecule has 4 nitrogen and oxygen atoms in total. The van der Waals surface area contributed by atoms with Gasteiger partial charge in [-0.25, -0.2) is 0 Å². The third-order valence-corrected chi connectivity index (χ3v) is 3.21. The second kappa shape index (κ2) is 6.70. The van der Waals surface area contributed by atoms with E-state index in [1.54, 1.807) is 12.1 Å². The molecule has 0 aliphatic heterocycles. The Balaban J connectivity index is 2.14. The van der Waals surface area contributed by atoms with Crippen LogP contribution >= 0.6 is 0 Å². The Morgan fingerprint density at radius 1 is 1.05 bits per heavy atom. The van der Waals surface area contributed by atoms with Gasteiger partial charge in [-0.15, -0.1) is 0 Å². The van der Waals surface area contributed by atoms with Crippen molar-refractivity contribution < 1.29 is 14.7 Å². The lowest BCUT2D eigenvalue weighted by molar-refractivity contribution is -0.138. The summed E-state index contributed by atoms with van der Waals surface area (Å²) in [5.41, 5.74) is 2.41. The number of aliphatic carboxylic acids is 1. The molecule has 0 heterocycles. The van der Waals surface area contributed by atoms with Crippen molar-refractivity contribution in [1.82, 2.24) is 0 Å². The van der Waals surface area contributed by atoms with Crippen LogP contribution in [0.3, 0.4) is 0 Å². The van der Waals surface area contributed by atoms with Gasteiger partial charge in [-0.2, -0.15) is 0 Å². The van der Waals surface area contributed by atoms with Crippen molar-refractivity contribution in [2.45, 2.75) is 19.3 Å². The minimum atomic E-state index is -0.841. The van der Waals surface area contributed by atoms with Crippen LogP contribution in [0, 0.1) is 0 Å². The van der Waals surface area contributed by atoms with Gasteiger partial charge in [0.25, 0.3) is 0 Å². The molecule has 4 heteroatoms. The summed E-state index contributed by atoms with van der Waals surface area (Å²) in [5.74, 6) is -1.54. The molecule has 0 saturated heterocycles. The summed E-state index contributed by atoms with van der Waals surface area (Å²) in [6.07, 6.45) is 0.416. The monoisotopic (exact) mass is 283 g/mol. The average molecular weight is 283 g/mol. The molecular formula is C17H17NO3. The van der Waals surface area contributed by atoms with E-state index in [4.69, 9.17) is 0 Å². The van der Waals surface area contributed by atoms with Gasteiger partial charge in [0.1, 0.15) is 0 Å². The second-order valence-electron chi connectivity index (χ2n) is 4.88. The third kappa shape index (κ3) is 4.18. The number of carboxylic acids is 1. The van der Waals surface area contributed by atoms with Crippen LogP contribution in [0.15, 0.2) is 54.6 Å². The molecule has 21 heavy (non-hydrogen) atoms. The predicted octanol–water partition coefficient (Wildman–Crippen LogP) is 3.06. The lowest BCUT2D eigenvalue weighted by Gasteiger charge is -2.13. The Labute approximate surface area is 123 Å². The SMILES string of the molecule is CC(=O)Nc1ccc(CC(C(=O)O)c2ccccc2)cc1. The molecule has 1 atom stereocenters. The number of benzene rings is 2. The highest BCUT2D eigenvalue weighted by Crippen LogP contribution is 2.22. The minimum absolute atomic E-state index is 0.129. The lowest BCUT2D eigenvalue weighted by atomic mass is 9.92. The van der Waals surface area contributed by atoms with Crippen LogP contribution in [0.2, 0.25) is 0 Å². The van der Waals surface area contributed by atoms with Crippen molar-refractivity contribution in [3.05, 3.63) is 65.7 Å². The maximum Gasteiger partial charge on any atom is 0.311 e. The number of hydrogen-bond acceptors (Lipinski definition) is 2. The van der Waals surface area contributed by atoms with Crippen molar-refractivity contribution in [2.24, 2.45) is 0 Å². The molecule has 0 aliphatic carbocycles. The zero-order valence-corrected chi connectivity index (χ0v) is 11.7. The van der Waals surface area contributed by atoms with Crippen LogP contribution in [0.5, 0.6) is 0 Å². The number of hydrogen-bond donors (Lipinski definition) is 2. The summed E-state index contributed by atoms with van der Waals surface area (Å²) >= 11 is 0. The van der Waals surface area contributed by atoms with Crippen molar-refractivity contribution in [2.75, 3.05) is 5.32 Å². The first kappa shape index (κ1) is 14.8. The molecule has 0 bridgehead atoms. The standard InChI is InChI=1S/C17H17NO3/c1-12(19)18-15-9-7-13(8-10-15)11-16(17(20)21)14-5-3-2-4-6-14/h2-10,16H,11H2,1H3,(H,18,19)(H,20,21). The van der Waals surface area contributed by atoms with Gasteiger partial charge in [0.15, 0.2) is 0 Å². The number of amides is 1. The molecule has 0 aliphatic rings. The summed E-state index contributed by atoms with van der Waals surface area (Å²) < 4.78 is 0. The normalized spacial score (nSPS) is 11.7. The zero-order valence-electron chi connectivity index (χ0n) is 11.7. The molecular weight excluding hydrogens is 266 g/mol. The van der Waals surface area contributed by atoms with Crippen molar-refractivity contribution in [3.8, 4) is 0 Å². The van der Waals surface area contributed by atoms with Crippen LogP contribution in [-0.4, -0.2) is 17.0 Å². The van der Waals surface area contributed by atoms with Gasteiger partial charge in [-0.05, 0) is 29.7 Å². The Bertz CT molecular complexity index is 620. The van der Waals surface area contributed by atoms with Gasteiger partial charge < -0.3 is 10.4 Å². The summed E-state index contributed by atoms with van der Waals surface area (Å²) in [6, 6.07) is 16.4. The van der Waals surface area contributed by atoms with Gasteiger partial charge in [0.05, 0.1) is 5.92 Å². The molecule has 0 radical (unpaired) electrons. The lowest BCUT2D eigenvalue weighted by Crippen LogP contribution is -2.14. The molecule has 0 fully saturated rings. The van der Waals surface area contributed by atoms with Crippen LogP contribution in [0.4, 0.5) is 5.69 Å². The summed E-state index contributed by atoms with van der Waals surface area (Å²) in [6.45, 7) is 1.45. The van der Waals surface area contributed by atoms with Gasteiger partial charge in [0, 0.05) is 12.6 Å². The molecule has 2 aromatic carbocycles. The highest BCUT2D eigenvalue weighted by Gasteiger charge is 2.19. The predicted molar refractivity (Wildman–Crippen MR) is 81.3 cm³/mol. The summed E-state index contributed by atoms with van der Waals surface area (Å²) in [7, 11) is 0. The second-order valence-corrected chi connectivity index (χ2v) is 4.88. The third-order valence-electron chi connectivity index (χ3n) is 3.21. The number of carboxylic acid groups (broad SMARTS) is 1. The first-order valence-corrected chi connectivity index (χ1v) is 6.70. The molecule has 108 valence electrons. The van der Waals surface area contributed by atoms with Gasteiger partial charge in [0.2, 0.25) is 5.91 Å². The Kier molecular flexibility index (Phi) is 4.72. The number of nitrogens with one attached hydrogen (secondary N) is 1. The highest BCUT2D eigenvalue weighted by molar-refractivity contribution is 5.88. The largest absolute Gasteiger partial charge is 0.481 e. The minimum Gasteiger partial charge on any atom is -0.481 e. The van der Waals surface area contributed by atoms with Crippen LogP contribution in [-0.2, 0) is 16.0 Å². The van der Waals surface area contributed by atoms with E-state index >= 15 is 0 Å². The van der Waals surface area contributed by atoms with Gasteiger partial charge in [-0.3, -0.25) is 9.59 Å². The van der Waals surface area contributed by atoms with E-state index < -0.39 is 11.9 Å². The molecule has 2 rings (SSSR count). The zero-order chi connectivity index (χ0) is 15.2. The first-order chi connectivity index (χ1) is 10.1. The average Bonchev–Trinajstić information content (AvgIpc) is 2.46. The van der Waals surface area contributed by atoms with E-state index in [1.165, 1.54) is 6.92 Å². The number of carbonyl (C=O) groups is 2. The maximum absolute atomic E-state index is 11.5. The van der Waals surface area contributed by atoms with Crippen LogP contribution in [0.1, 0.15) is 24.0 Å². The number of anilines is 1. The van der Waals surface area contributed by atoms with E-state index in [0.29, 0.717) is 12.1 Å². The Morgan fingerprint density at radius 2 is 1.67 bits per heavy atom. The summed E-state index contributed by atoms with van der Waals surface area (Å²) in [5, 5.41) is 12.1. The fourth-order valence-electron chi connectivity index (χ4n) is 2.20. The fourth-order valence-corrected chi connectivity index (χ4v) is 2.20. The van der Waals surface area contributed by atoms with Crippen molar-refractivity contribution in [3.63, 3.8) is 0 Å². The van der Waals surface area contributed by atoms with Gasteiger partial charge in [-0.1, -0.05) is 42.5 Å². The molecule has 0 saturated carbocycles. The Morgan fingerprint density at radius 3 is 2.19 bits per heavy atom. The molecule has 1 unspecified atom stereocenters. The van der Waals surface area contributed by atoms with Crippen LogP contribution in [0.25, 0.3) is 0 Å². The number of rotatable bonds is 5. The fraction of sp³-hybridized carbons (Fsp3) is 0.176. The van der Waals surface area contributed by atoms with Crippen molar-refractivity contribution >= 4 is 17.6 Å². The van der Waals surface area contributed by atoms with E-state index in [1.807, 2.05) is 42.5 Å². The van der Waals surface area contributed by atoms with Crippen molar-refractivity contribution in [1.29, 1.82) is 0 Å². The molecule has 0 spiro atoms.